The van der Waals surface area contributed by atoms with Gasteiger partial charge < -0.3 is 25.3 Å². The summed E-state index contributed by atoms with van der Waals surface area (Å²) in [6.45, 7) is 0.558. The Labute approximate surface area is 138 Å². The van der Waals surface area contributed by atoms with E-state index in [1.807, 2.05) is 0 Å². The van der Waals surface area contributed by atoms with Gasteiger partial charge in [-0.05, 0) is 0 Å². The number of ether oxygens (including phenoxy) is 3. The minimum Gasteiger partial charge on any atom is -0.496 e. The lowest BCUT2D eigenvalue weighted by atomic mass is 10.1. The fourth-order valence-corrected chi connectivity index (χ4v) is 2.67. The van der Waals surface area contributed by atoms with Crippen molar-refractivity contribution in [1.82, 2.24) is 10.3 Å². The van der Waals surface area contributed by atoms with Crippen LogP contribution in [-0.4, -0.2) is 32.2 Å². The minimum atomic E-state index is -0.277. The van der Waals surface area contributed by atoms with Gasteiger partial charge in [-0.3, -0.25) is 4.79 Å². The van der Waals surface area contributed by atoms with Gasteiger partial charge in [-0.2, -0.15) is 0 Å². The van der Waals surface area contributed by atoms with Gasteiger partial charge in [0.2, 0.25) is 0 Å². The van der Waals surface area contributed by atoms with Crippen molar-refractivity contribution >= 4 is 17.2 Å². The molecule has 0 radical (unpaired) electrons. The highest BCUT2D eigenvalue weighted by Gasteiger charge is 2.16. The van der Waals surface area contributed by atoms with E-state index in [9.17, 15) is 4.79 Å². The van der Waals surface area contributed by atoms with E-state index < -0.39 is 0 Å². The van der Waals surface area contributed by atoms with Gasteiger partial charge in [0.25, 0.3) is 5.91 Å². The lowest BCUT2D eigenvalue weighted by molar-refractivity contribution is 0.0946. The van der Waals surface area contributed by atoms with Gasteiger partial charge in [0.1, 0.15) is 28.0 Å². The molecule has 0 fully saturated rings. The van der Waals surface area contributed by atoms with Crippen molar-refractivity contribution in [2.45, 2.75) is 13.1 Å². The molecule has 23 heavy (non-hydrogen) atoms. The molecule has 0 aliphatic carbocycles. The van der Waals surface area contributed by atoms with Gasteiger partial charge in [-0.1, -0.05) is 0 Å². The van der Waals surface area contributed by atoms with Gasteiger partial charge in [-0.15, -0.1) is 11.3 Å². The van der Waals surface area contributed by atoms with Crippen molar-refractivity contribution < 1.29 is 19.0 Å². The quantitative estimate of drug-likeness (QED) is 0.796. The number of amides is 1. The third kappa shape index (κ3) is 3.91. The number of carbonyl (C=O) groups is 1. The third-order valence-corrected chi connectivity index (χ3v) is 4.07. The zero-order valence-corrected chi connectivity index (χ0v) is 14.0. The molecule has 8 heteroatoms. The fourth-order valence-electron chi connectivity index (χ4n) is 2.02. The topological polar surface area (TPSA) is 95.7 Å². The maximum Gasteiger partial charge on any atom is 0.271 e. The number of benzene rings is 1. The maximum atomic E-state index is 12.2. The van der Waals surface area contributed by atoms with E-state index in [2.05, 4.69) is 10.3 Å². The van der Waals surface area contributed by atoms with Crippen LogP contribution in [0.4, 0.5) is 0 Å². The Morgan fingerprint density at radius 1 is 1.22 bits per heavy atom. The lowest BCUT2D eigenvalue weighted by Gasteiger charge is -2.15. The molecular formula is C15H19N3O4S. The van der Waals surface area contributed by atoms with E-state index >= 15 is 0 Å². The summed E-state index contributed by atoms with van der Waals surface area (Å²) in [7, 11) is 4.66. The molecule has 0 bridgehead atoms. The lowest BCUT2D eigenvalue weighted by Crippen LogP contribution is -2.23. The van der Waals surface area contributed by atoms with Crippen LogP contribution in [0.15, 0.2) is 17.5 Å². The molecule has 2 rings (SSSR count). The molecule has 0 saturated heterocycles. The predicted octanol–water partition coefficient (Wildman–Crippen LogP) is 1.56. The summed E-state index contributed by atoms with van der Waals surface area (Å²) >= 11 is 1.36. The second kappa shape index (κ2) is 7.80. The Kier molecular flexibility index (Phi) is 5.78. The number of hydrogen-bond acceptors (Lipinski definition) is 7. The molecule has 124 valence electrons. The van der Waals surface area contributed by atoms with E-state index in [1.165, 1.54) is 11.3 Å². The summed E-state index contributed by atoms with van der Waals surface area (Å²) in [5.74, 6) is 1.48. The zero-order chi connectivity index (χ0) is 16.8. The van der Waals surface area contributed by atoms with Crippen molar-refractivity contribution in [1.29, 1.82) is 0 Å². The van der Waals surface area contributed by atoms with E-state index in [4.69, 9.17) is 19.9 Å². The number of thiazole rings is 1. The average molecular weight is 337 g/mol. The van der Waals surface area contributed by atoms with Crippen LogP contribution in [0.1, 0.15) is 21.1 Å². The summed E-state index contributed by atoms with van der Waals surface area (Å²) in [4.78, 5) is 16.3. The van der Waals surface area contributed by atoms with Crippen molar-refractivity contribution in [3.05, 3.63) is 33.8 Å². The normalized spacial score (nSPS) is 10.3. The molecule has 7 nitrogen and oxygen atoms in total. The Bertz CT molecular complexity index is 662. The van der Waals surface area contributed by atoms with E-state index in [1.54, 1.807) is 38.8 Å². The predicted molar refractivity (Wildman–Crippen MR) is 87.3 cm³/mol. The Morgan fingerprint density at radius 2 is 1.87 bits per heavy atom. The highest BCUT2D eigenvalue weighted by atomic mass is 32.1. The van der Waals surface area contributed by atoms with Crippen molar-refractivity contribution in [2.24, 2.45) is 5.73 Å². The first-order chi connectivity index (χ1) is 11.1. The SMILES string of the molecule is COc1cc(OC)c(CNC(=O)c2csc(CN)n2)c(OC)c1. The van der Waals surface area contributed by atoms with Gasteiger partial charge >= 0.3 is 0 Å². The number of hydrogen-bond donors (Lipinski definition) is 2. The van der Waals surface area contributed by atoms with Crippen LogP contribution in [0, 0.1) is 0 Å². The summed E-state index contributed by atoms with van der Waals surface area (Å²) in [5.41, 5.74) is 6.57. The number of nitrogens with two attached hydrogens (primary N) is 1. The number of nitrogens with one attached hydrogen (secondary N) is 1. The molecule has 2 aromatic rings. The highest BCUT2D eigenvalue weighted by Crippen LogP contribution is 2.33. The standard InChI is InChI=1S/C15H19N3O4S/c1-20-9-4-12(21-2)10(13(5-9)22-3)7-17-15(19)11-8-23-14(6-16)18-11/h4-5,8H,6-7,16H2,1-3H3,(H,17,19). The summed E-state index contributed by atoms with van der Waals surface area (Å²) in [5, 5.41) is 5.20. The second-order valence-electron chi connectivity index (χ2n) is 4.52. The van der Waals surface area contributed by atoms with Crippen LogP contribution < -0.4 is 25.3 Å². The van der Waals surface area contributed by atoms with Gasteiger partial charge in [0.15, 0.2) is 0 Å². The Hall–Kier alpha value is -2.32. The van der Waals surface area contributed by atoms with Crippen LogP contribution in [0.3, 0.4) is 0 Å². The number of methoxy groups -OCH3 is 3. The molecule has 0 aliphatic rings. The van der Waals surface area contributed by atoms with E-state index in [0.29, 0.717) is 29.5 Å². The molecule has 0 atom stereocenters. The molecular weight excluding hydrogens is 318 g/mol. The smallest absolute Gasteiger partial charge is 0.271 e. The molecule has 0 aliphatic heterocycles. The maximum absolute atomic E-state index is 12.2. The van der Waals surface area contributed by atoms with Gasteiger partial charge in [0.05, 0.1) is 33.4 Å². The molecule has 0 saturated carbocycles. The Balaban J connectivity index is 2.17. The monoisotopic (exact) mass is 337 g/mol. The largest absolute Gasteiger partial charge is 0.496 e. The van der Waals surface area contributed by atoms with Crippen LogP contribution >= 0.6 is 11.3 Å². The summed E-state index contributed by atoms with van der Waals surface area (Å²) in [6.07, 6.45) is 0. The first-order valence-corrected chi connectivity index (χ1v) is 7.72. The number of carbonyl (C=O) groups excluding carboxylic acids is 1. The van der Waals surface area contributed by atoms with Crippen LogP contribution in [-0.2, 0) is 13.1 Å². The highest BCUT2D eigenvalue weighted by molar-refractivity contribution is 7.09. The summed E-state index contributed by atoms with van der Waals surface area (Å²) < 4.78 is 15.9. The van der Waals surface area contributed by atoms with E-state index in [-0.39, 0.29) is 12.5 Å². The zero-order valence-electron chi connectivity index (χ0n) is 13.2. The molecule has 1 amide bonds. The number of rotatable bonds is 7. The van der Waals surface area contributed by atoms with Crippen molar-refractivity contribution in [3.63, 3.8) is 0 Å². The summed E-state index contributed by atoms with van der Waals surface area (Å²) in [6, 6.07) is 3.47. The molecule has 3 N–H and O–H groups in total. The molecule has 0 spiro atoms. The molecule has 1 aromatic carbocycles. The Morgan fingerprint density at radius 3 is 2.35 bits per heavy atom. The van der Waals surface area contributed by atoms with Crippen LogP contribution in [0.2, 0.25) is 0 Å². The van der Waals surface area contributed by atoms with Crippen LogP contribution in [0.5, 0.6) is 17.2 Å². The van der Waals surface area contributed by atoms with Gasteiger partial charge in [-0.25, -0.2) is 4.98 Å². The average Bonchev–Trinajstić information content (AvgIpc) is 3.08. The van der Waals surface area contributed by atoms with Crippen molar-refractivity contribution in [3.8, 4) is 17.2 Å². The molecule has 0 unspecified atom stereocenters. The van der Waals surface area contributed by atoms with Crippen molar-refractivity contribution in [2.75, 3.05) is 21.3 Å². The first-order valence-electron chi connectivity index (χ1n) is 6.84. The number of nitrogens with zero attached hydrogens (tertiary/aromatic N) is 1. The van der Waals surface area contributed by atoms with E-state index in [0.717, 1.165) is 10.6 Å². The first kappa shape index (κ1) is 17.0. The molecule has 1 heterocycles. The second-order valence-corrected chi connectivity index (χ2v) is 5.47. The number of aromatic nitrogens is 1. The molecule has 1 aromatic heterocycles. The fraction of sp³-hybridized carbons (Fsp3) is 0.333. The minimum absolute atomic E-state index is 0.241. The van der Waals surface area contributed by atoms with Gasteiger partial charge in [0, 0.05) is 24.1 Å². The van der Waals surface area contributed by atoms with Crippen LogP contribution in [0.25, 0.3) is 0 Å². The third-order valence-electron chi connectivity index (χ3n) is 3.20.